The SMILES string of the molecule is CCNC(=O)c1ccc(N)c(NC2CC2(C)C)c1. The summed E-state index contributed by atoms with van der Waals surface area (Å²) in [6, 6.07) is 5.81. The number of hydrogen-bond donors (Lipinski definition) is 3. The maximum Gasteiger partial charge on any atom is 0.251 e. The zero-order chi connectivity index (χ0) is 13.3. The molecule has 0 heterocycles. The quantitative estimate of drug-likeness (QED) is 0.715. The number of nitrogens with one attached hydrogen (secondary N) is 2. The molecule has 0 radical (unpaired) electrons. The summed E-state index contributed by atoms with van der Waals surface area (Å²) in [5, 5.41) is 6.19. The zero-order valence-corrected chi connectivity index (χ0v) is 11.2. The normalized spacial score (nSPS) is 20.3. The standard InChI is InChI=1S/C14H21N3O/c1-4-16-13(18)9-5-6-10(15)11(7-9)17-12-8-14(12,2)3/h5-7,12,17H,4,8,15H2,1-3H3,(H,16,18). The molecule has 2 rings (SSSR count). The molecule has 1 saturated carbocycles. The van der Waals surface area contributed by atoms with E-state index >= 15 is 0 Å². The smallest absolute Gasteiger partial charge is 0.251 e. The van der Waals surface area contributed by atoms with E-state index in [0.717, 1.165) is 12.1 Å². The average molecular weight is 247 g/mol. The molecule has 4 nitrogen and oxygen atoms in total. The number of rotatable bonds is 4. The third-order valence-corrected chi connectivity index (χ3v) is 3.50. The molecule has 98 valence electrons. The minimum atomic E-state index is -0.0596. The lowest BCUT2D eigenvalue weighted by atomic mass is 10.1. The molecule has 1 unspecified atom stereocenters. The molecule has 18 heavy (non-hydrogen) atoms. The molecule has 1 fully saturated rings. The van der Waals surface area contributed by atoms with E-state index in [-0.39, 0.29) is 5.91 Å². The molecule has 1 aromatic rings. The van der Waals surface area contributed by atoms with E-state index in [0.29, 0.717) is 29.3 Å². The van der Waals surface area contributed by atoms with Gasteiger partial charge in [-0.15, -0.1) is 0 Å². The third-order valence-electron chi connectivity index (χ3n) is 3.50. The van der Waals surface area contributed by atoms with Gasteiger partial charge in [0.1, 0.15) is 0 Å². The fraction of sp³-hybridized carbons (Fsp3) is 0.500. The van der Waals surface area contributed by atoms with Gasteiger partial charge in [-0.1, -0.05) is 13.8 Å². The molecule has 0 aliphatic heterocycles. The number of amides is 1. The van der Waals surface area contributed by atoms with Gasteiger partial charge < -0.3 is 16.4 Å². The number of hydrogen-bond acceptors (Lipinski definition) is 3. The van der Waals surface area contributed by atoms with Crippen LogP contribution in [-0.4, -0.2) is 18.5 Å². The summed E-state index contributed by atoms with van der Waals surface area (Å²) in [4.78, 5) is 11.8. The number of carbonyl (C=O) groups is 1. The molecule has 0 saturated heterocycles. The molecule has 0 spiro atoms. The van der Waals surface area contributed by atoms with E-state index in [1.165, 1.54) is 0 Å². The first-order valence-electron chi connectivity index (χ1n) is 6.38. The van der Waals surface area contributed by atoms with Crippen molar-refractivity contribution in [1.29, 1.82) is 0 Å². The maximum atomic E-state index is 11.8. The summed E-state index contributed by atoms with van der Waals surface area (Å²) in [6.45, 7) is 6.96. The second-order valence-electron chi connectivity index (χ2n) is 5.55. The summed E-state index contributed by atoms with van der Waals surface area (Å²) >= 11 is 0. The summed E-state index contributed by atoms with van der Waals surface area (Å²) < 4.78 is 0. The Bertz CT molecular complexity index is 468. The Kier molecular flexibility index (Phi) is 3.20. The number of carbonyl (C=O) groups excluding carboxylic acids is 1. The first kappa shape index (κ1) is 12.7. The Labute approximate surface area is 108 Å². The van der Waals surface area contributed by atoms with Crippen LogP contribution in [0.3, 0.4) is 0 Å². The molecular formula is C14H21N3O. The molecule has 1 aliphatic rings. The second-order valence-corrected chi connectivity index (χ2v) is 5.55. The highest BCUT2D eigenvalue weighted by molar-refractivity contribution is 5.96. The first-order chi connectivity index (χ1) is 8.44. The predicted octanol–water partition coefficient (Wildman–Crippen LogP) is 2.23. The van der Waals surface area contributed by atoms with Crippen molar-refractivity contribution in [3.05, 3.63) is 23.8 Å². The number of nitrogen functional groups attached to an aromatic ring is 1. The maximum absolute atomic E-state index is 11.8. The van der Waals surface area contributed by atoms with E-state index < -0.39 is 0 Å². The Hall–Kier alpha value is -1.71. The summed E-state index contributed by atoms with van der Waals surface area (Å²) in [7, 11) is 0. The molecule has 4 heteroatoms. The average Bonchev–Trinajstić information content (AvgIpc) is 2.89. The lowest BCUT2D eigenvalue weighted by Crippen LogP contribution is -2.23. The van der Waals surface area contributed by atoms with E-state index in [1.54, 1.807) is 12.1 Å². The van der Waals surface area contributed by atoms with Crippen LogP contribution in [0.15, 0.2) is 18.2 Å². The minimum Gasteiger partial charge on any atom is -0.397 e. The van der Waals surface area contributed by atoms with Gasteiger partial charge in [0.25, 0.3) is 5.91 Å². The predicted molar refractivity (Wildman–Crippen MR) is 74.7 cm³/mol. The highest BCUT2D eigenvalue weighted by Gasteiger charge is 2.45. The molecule has 0 bridgehead atoms. The topological polar surface area (TPSA) is 67.2 Å². The van der Waals surface area contributed by atoms with Crippen LogP contribution >= 0.6 is 0 Å². The molecule has 1 amide bonds. The van der Waals surface area contributed by atoms with Gasteiger partial charge in [-0.3, -0.25) is 4.79 Å². The van der Waals surface area contributed by atoms with Crippen LogP contribution in [0.2, 0.25) is 0 Å². The van der Waals surface area contributed by atoms with E-state index in [9.17, 15) is 4.79 Å². The monoisotopic (exact) mass is 247 g/mol. The first-order valence-corrected chi connectivity index (χ1v) is 6.38. The molecular weight excluding hydrogens is 226 g/mol. The Morgan fingerprint density at radius 1 is 1.50 bits per heavy atom. The van der Waals surface area contributed by atoms with Gasteiger partial charge in [-0.25, -0.2) is 0 Å². The summed E-state index contributed by atoms with van der Waals surface area (Å²) in [5.41, 5.74) is 8.45. The van der Waals surface area contributed by atoms with Crippen LogP contribution in [0.5, 0.6) is 0 Å². The van der Waals surface area contributed by atoms with Gasteiger partial charge in [-0.2, -0.15) is 0 Å². The van der Waals surface area contributed by atoms with E-state index in [1.807, 2.05) is 13.0 Å². The van der Waals surface area contributed by atoms with Crippen LogP contribution in [0.25, 0.3) is 0 Å². The molecule has 4 N–H and O–H groups in total. The van der Waals surface area contributed by atoms with Crippen LogP contribution < -0.4 is 16.4 Å². The number of anilines is 2. The van der Waals surface area contributed by atoms with E-state index in [4.69, 9.17) is 5.73 Å². The lowest BCUT2D eigenvalue weighted by Gasteiger charge is -2.12. The lowest BCUT2D eigenvalue weighted by molar-refractivity contribution is 0.0956. The minimum absolute atomic E-state index is 0.0596. The van der Waals surface area contributed by atoms with Gasteiger partial charge >= 0.3 is 0 Å². The molecule has 1 atom stereocenters. The van der Waals surface area contributed by atoms with Crippen molar-refractivity contribution in [3.63, 3.8) is 0 Å². The van der Waals surface area contributed by atoms with Crippen molar-refractivity contribution < 1.29 is 4.79 Å². The number of nitrogens with two attached hydrogens (primary N) is 1. The molecule has 1 aromatic carbocycles. The van der Waals surface area contributed by atoms with Gasteiger partial charge in [0.2, 0.25) is 0 Å². The van der Waals surface area contributed by atoms with Crippen LogP contribution in [0, 0.1) is 5.41 Å². The molecule has 0 aromatic heterocycles. The summed E-state index contributed by atoms with van der Waals surface area (Å²) in [5.74, 6) is -0.0596. The van der Waals surface area contributed by atoms with Crippen LogP contribution in [0.1, 0.15) is 37.6 Å². The third kappa shape index (κ3) is 2.58. The van der Waals surface area contributed by atoms with Crippen molar-refractivity contribution in [1.82, 2.24) is 5.32 Å². The second kappa shape index (κ2) is 4.52. The van der Waals surface area contributed by atoms with Gasteiger partial charge in [0.15, 0.2) is 0 Å². The van der Waals surface area contributed by atoms with Gasteiger partial charge in [-0.05, 0) is 37.0 Å². The fourth-order valence-electron chi connectivity index (χ4n) is 1.99. The Morgan fingerprint density at radius 2 is 2.17 bits per heavy atom. The van der Waals surface area contributed by atoms with Gasteiger partial charge in [0.05, 0.1) is 11.4 Å². The van der Waals surface area contributed by atoms with Crippen molar-refractivity contribution in [3.8, 4) is 0 Å². The zero-order valence-electron chi connectivity index (χ0n) is 11.2. The Balaban J connectivity index is 2.14. The Morgan fingerprint density at radius 3 is 2.72 bits per heavy atom. The van der Waals surface area contributed by atoms with Crippen LogP contribution in [0.4, 0.5) is 11.4 Å². The van der Waals surface area contributed by atoms with Crippen LogP contribution in [-0.2, 0) is 0 Å². The largest absolute Gasteiger partial charge is 0.397 e. The fourth-order valence-corrected chi connectivity index (χ4v) is 1.99. The van der Waals surface area contributed by atoms with Crippen molar-refractivity contribution in [2.45, 2.75) is 33.2 Å². The van der Waals surface area contributed by atoms with Crippen molar-refractivity contribution in [2.75, 3.05) is 17.6 Å². The highest BCUT2D eigenvalue weighted by Crippen LogP contribution is 2.47. The number of benzene rings is 1. The van der Waals surface area contributed by atoms with Gasteiger partial charge in [0, 0.05) is 18.2 Å². The summed E-state index contributed by atoms with van der Waals surface area (Å²) in [6.07, 6.45) is 1.14. The molecule has 1 aliphatic carbocycles. The van der Waals surface area contributed by atoms with Crippen molar-refractivity contribution in [2.24, 2.45) is 5.41 Å². The highest BCUT2D eigenvalue weighted by atomic mass is 16.1. The van der Waals surface area contributed by atoms with E-state index in [2.05, 4.69) is 24.5 Å². The van der Waals surface area contributed by atoms with Crippen molar-refractivity contribution >= 4 is 17.3 Å².